The Hall–Kier alpha value is -4.21. The molecule has 1 heterocycles. The minimum absolute atomic E-state index is 0.0509. The average molecular weight is 596 g/mol. The highest BCUT2D eigenvalue weighted by Crippen LogP contribution is 2.40. The van der Waals surface area contributed by atoms with Gasteiger partial charge in [0.1, 0.15) is 25.1 Å². The number of aliphatic hydroxyl groups is 1. The molecule has 0 radical (unpaired) electrons. The number of para-hydroxylation sites is 1. The van der Waals surface area contributed by atoms with Gasteiger partial charge in [-0.3, -0.25) is 15.0 Å². The van der Waals surface area contributed by atoms with E-state index >= 15 is 0 Å². The quantitative estimate of drug-likeness (QED) is 0.278. The number of nitrogens with one attached hydrogen (secondary N) is 1. The number of hydrogen-bond acceptors (Lipinski definition) is 8. The number of carbonyl (C=O) groups is 1. The Labute approximate surface area is 232 Å². The standard InChI is InChI=1S/C26H24F3N3O8S/c27-26(28,29)18-10-11-19-22(14-18)39-16-21(33)24(19)31(25(34)40-15-17-6-2-1-3-7-17)13-12-30-41(37,38)23-9-5-4-8-20(23)32(35)36/h1-11,14,21,24,30,33H,12-13,15-16H2/t21-,24-/m0/s1. The highest BCUT2D eigenvalue weighted by Gasteiger charge is 2.40. The Morgan fingerprint density at radius 2 is 1.80 bits per heavy atom. The van der Waals surface area contributed by atoms with Gasteiger partial charge in [-0.05, 0) is 23.8 Å². The van der Waals surface area contributed by atoms with Gasteiger partial charge in [0.2, 0.25) is 10.0 Å². The van der Waals surface area contributed by atoms with Crippen molar-refractivity contribution in [1.29, 1.82) is 0 Å². The third-order valence-corrected chi connectivity index (χ3v) is 7.71. The number of alkyl halides is 3. The maximum atomic E-state index is 13.3. The van der Waals surface area contributed by atoms with E-state index in [0.717, 1.165) is 35.2 Å². The number of rotatable bonds is 9. The monoisotopic (exact) mass is 595 g/mol. The summed E-state index contributed by atoms with van der Waals surface area (Å²) in [5.74, 6) is -0.212. The Balaban J connectivity index is 1.61. The van der Waals surface area contributed by atoms with Crippen molar-refractivity contribution in [2.75, 3.05) is 19.7 Å². The summed E-state index contributed by atoms with van der Waals surface area (Å²) in [6.07, 6.45) is -7.07. The lowest BCUT2D eigenvalue weighted by molar-refractivity contribution is -0.387. The van der Waals surface area contributed by atoms with Crippen molar-refractivity contribution in [3.05, 3.63) is 99.6 Å². The second-order valence-corrected chi connectivity index (χ2v) is 10.7. The van der Waals surface area contributed by atoms with Gasteiger partial charge >= 0.3 is 12.3 Å². The molecule has 2 N–H and O–H groups in total. The number of ether oxygens (including phenoxy) is 2. The zero-order valence-electron chi connectivity index (χ0n) is 21.2. The molecule has 0 aromatic heterocycles. The van der Waals surface area contributed by atoms with E-state index in [9.17, 15) is 41.6 Å². The van der Waals surface area contributed by atoms with Crippen LogP contribution in [0.4, 0.5) is 23.7 Å². The zero-order valence-corrected chi connectivity index (χ0v) is 22.0. The fourth-order valence-electron chi connectivity index (χ4n) is 4.29. The van der Waals surface area contributed by atoms with Crippen molar-refractivity contribution in [3.8, 4) is 5.75 Å². The largest absolute Gasteiger partial charge is 0.490 e. The molecule has 1 aliphatic rings. The first-order chi connectivity index (χ1) is 19.4. The van der Waals surface area contributed by atoms with E-state index in [-0.39, 0.29) is 17.9 Å². The van der Waals surface area contributed by atoms with Gasteiger partial charge in [-0.2, -0.15) is 13.2 Å². The van der Waals surface area contributed by atoms with Crippen molar-refractivity contribution < 1.29 is 45.9 Å². The maximum Gasteiger partial charge on any atom is 0.416 e. The summed E-state index contributed by atoms with van der Waals surface area (Å²) in [6, 6.07) is 14.6. The minimum atomic E-state index is -4.67. The van der Waals surface area contributed by atoms with Crippen LogP contribution in [0, 0.1) is 10.1 Å². The number of nitro groups is 1. The van der Waals surface area contributed by atoms with Crippen LogP contribution in [0.2, 0.25) is 0 Å². The van der Waals surface area contributed by atoms with E-state index in [1.54, 1.807) is 30.3 Å². The van der Waals surface area contributed by atoms with Crippen LogP contribution in [0.1, 0.15) is 22.7 Å². The zero-order chi connectivity index (χ0) is 29.8. The molecular formula is C26H24F3N3O8S. The van der Waals surface area contributed by atoms with E-state index in [1.165, 1.54) is 12.1 Å². The number of hydrogen-bond donors (Lipinski definition) is 2. The first kappa shape index (κ1) is 29.8. The van der Waals surface area contributed by atoms with E-state index in [4.69, 9.17) is 9.47 Å². The van der Waals surface area contributed by atoms with Gasteiger partial charge in [0.25, 0.3) is 5.69 Å². The van der Waals surface area contributed by atoms with Crippen molar-refractivity contribution in [2.24, 2.45) is 0 Å². The van der Waals surface area contributed by atoms with Gasteiger partial charge in [-0.1, -0.05) is 48.5 Å². The SMILES string of the molecule is O=C(OCc1ccccc1)N(CCNS(=O)(=O)c1ccccc1[N+](=O)[O-])[C@H]1c2ccc(C(F)(F)F)cc2OC[C@@H]1O. The van der Waals surface area contributed by atoms with Crippen LogP contribution in [0.3, 0.4) is 0 Å². The number of amides is 1. The van der Waals surface area contributed by atoms with Gasteiger partial charge in [-0.25, -0.2) is 17.9 Å². The van der Waals surface area contributed by atoms with Crippen molar-refractivity contribution in [3.63, 3.8) is 0 Å². The maximum absolute atomic E-state index is 13.3. The van der Waals surface area contributed by atoms with Crippen LogP contribution in [0.5, 0.6) is 5.75 Å². The number of nitrogens with zero attached hydrogens (tertiary/aromatic N) is 2. The molecule has 1 aliphatic heterocycles. The molecule has 2 atom stereocenters. The molecule has 41 heavy (non-hydrogen) atoms. The molecular weight excluding hydrogens is 571 g/mol. The van der Waals surface area contributed by atoms with Crippen LogP contribution < -0.4 is 9.46 Å². The first-order valence-corrected chi connectivity index (χ1v) is 13.6. The third kappa shape index (κ3) is 6.93. The molecule has 0 unspecified atom stereocenters. The van der Waals surface area contributed by atoms with Crippen molar-refractivity contribution in [2.45, 2.75) is 29.8 Å². The van der Waals surface area contributed by atoms with Gasteiger partial charge < -0.3 is 14.6 Å². The fraction of sp³-hybridized carbons (Fsp3) is 0.269. The second-order valence-electron chi connectivity index (χ2n) is 8.93. The highest BCUT2D eigenvalue weighted by atomic mass is 32.2. The number of nitro benzene ring substituents is 1. The smallest absolute Gasteiger partial charge is 0.416 e. The summed E-state index contributed by atoms with van der Waals surface area (Å²) in [4.78, 5) is 24.1. The van der Waals surface area contributed by atoms with Gasteiger partial charge in [0.15, 0.2) is 4.90 Å². The number of aliphatic hydroxyl groups excluding tert-OH is 1. The predicted molar refractivity (Wildman–Crippen MR) is 137 cm³/mol. The summed E-state index contributed by atoms with van der Waals surface area (Å²) in [7, 11) is -4.42. The molecule has 0 saturated heterocycles. The summed E-state index contributed by atoms with van der Waals surface area (Å²) in [5.41, 5.74) is -0.981. The number of sulfonamides is 1. The van der Waals surface area contributed by atoms with E-state index in [0.29, 0.717) is 5.56 Å². The lowest BCUT2D eigenvalue weighted by atomic mass is 9.95. The summed E-state index contributed by atoms with van der Waals surface area (Å²) >= 11 is 0. The second kappa shape index (κ2) is 12.1. The molecule has 0 bridgehead atoms. The predicted octanol–water partition coefficient (Wildman–Crippen LogP) is 4.03. The topological polar surface area (TPSA) is 148 Å². The van der Waals surface area contributed by atoms with Crippen LogP contribution in [0.25, 0.3) is 0 Å². The average Bonchev–Trinajstić information content (AvgIpc) is 2.94. The fourth-order valence-corrected chi connectivity index (χ4v) is 5.48. The molecule has 0 saturated carbocycles. The molecule has 0 aliphatic carbocycles. The van der Waals surface area contributed by atoms with Crippen LogP contribution in [0.15, 0.2) is 77.7 Å². The molecule has 11 nitrogen and oxygen atoms in total. The number of halogens is 3. The van der Waals surface area contributed by atoms with Crippen molar-refractivity contribution >= 4 is 21.8 Å². The molecule has 0 spiro atoms. The summed E-state index contributed by atoms with van der Waals surface area (Å²) in [6.45, 7) is -1.54. The molecule has 3 aromatic carbocycles. The van der Waals surface area contributed by atoms with Crippen molar-refractivity contribution in [1.82, 2.24) is 9.62 Å². The van der Waals surface area contributed by atoms with Gasteiger partial charge in [0, 0.05) is 24.7 Å². The third-order valence-electron chi connectivity index (χ3n) is 6.21. The van der Waals surface area contributed by atoms with Crippen LogP contribution in [-0.2, 0) is 27.5 Å². The molecule has 218 valence electrons. The normalized spacial score (nSPS) is 16.8. The van der Waals surface area contributed by atoms with E-state index in [2.05, 4.69) is 4.72 Å². The first-order valence-electron chi connectivity index (χ1n) is 12.1. The molecule has 15 heteroatoms. The minimum Gasteiger partial charge on any atom is -0.490 e. The Morgan fingerprint density at radius 1 is 1.12 bits per heavy atom. The molecule has 3 aromatic rings. The summed E-state index contributed by atoms with van der Waals surface area (Å²) in [5, 5.41) is 22.1. The number of benzene rings is 3. The molecule has 1 amide bonds. The van der Waals surface area contributed by atoms with Crippen LogP contribution >= 0.6 is 0 Å². The molecule has 0 fully saturated rings. The Bertz CT molecular complexity index is 1520. The van der Waals surface area contributed by atoms with Gasteiger partial charge in [-0.15, -0.1) is 0 Å². The Kier molecular flexibility index (Phi) is 8.80. The summed E-state index contributed by atoms with van der Waals surface area (Å²) < 4.78 is 78.5. The molecule has 4 rings (SSSR count). The van der Waals surface area contributed by atoms with E-state index in [1.807, 2.05) is 0 Å². The highest BCUT2D eigenvalue weighted by molar-refractivity contribution is 7.89. The lowest BCUT2D eigenvalue weighted by Gasteiger charge is -2.38. The van der Waals surface area contributed by atoms with Crippen LogP contribution in [-0.4, -0.2) is 55.2 Å². The lowest BCUT2D eigenvalue weighted by Crippen LogP contribution is -2.48. The number of carbonyl (C=O) groups excluding carboxylic acids is 1. The Morgan fingerprint density at radius 3 is 2.49 bits per heavy atom. The van der Waals surface area contributed by atoms with E-state index < -0.39 is 75.2 Å². The number of fused-ring (bicyclic) bond motifs is 1. The van der Waals surface area contributed by atoms with Gasteiger partial charge in [0.05, 0.1) is 16.5 Å².